The van der Waals surface area contributed by atoms with Crippen LogP contribution in [0.1, 0.15) is 40.0 Å². The molecule has 0 N–H and O–H groups in total. The van der Waals surface area contributed by atoms with Crippen LogP contribution >= 0.6 is 0 Å². The highest BCUT2D eigenvalue weighted by Gasteiger charge is 2.53. The van der Waals surface area contributed by atoms with Crippen LogP contribution in [-0.4, -0.2) is 11.6 Å². The van der Waals surface area contributed by atoms with Crippen molar-refractivity contribution in [3.63, 3.8) is 0 Å². The Morgan fingerprint density at radius 2 is 2.04 bits per heavy atom. The van der Waals surface area contributed by atoms with Gasteiger partial charge in [0.2, 0.25) is 0 Å². The molecule has 0 spiro atoms. The first kappa shape index (κ1) is 18.6. The second kappa shape index (κ2) is 6.65. The number of rotatable bonds is 3. The molecule has 1 fully saturated rings. The van der Waals surface area contributed by atoms with E-state index in [1.807, 2.05) is 32.9 Å². The molecule has 2 aliphatic carbocycles. The van der Waals surface area contributed by atoms with Crippen LogP contribution in [0, 0.1) is 39.4 Å². The van der Waals surface area contributed by atoms with Crippen LogP contribution in [0.5, 0.6) is 0 Å². The molecular weight excluding hydrogens is 312 g/mol. The van der Waals surface area contributed by atoms with Gasteiger partial charge in [0.15, 0.2) is 11.6 Å². The summed E-state index contributed by atoms with van der Waals surface area (Å²) in [4.78, 5) is 25.1. The number of nitriles is 2. The quantitative estimate of drug-likeness (QED) is 0.444. The highest BCUT2D eigenvalue weighted by molar-refractivity contribution is 6.08. The van der Waals surface area contributed by atoms with Crippen molar-refractivity contribution in [2.75, 3.05) is 0 Å². The third-order valence-electron chi connectivity index (χ3n) is 5.60. The minimum absolute atomic E-state index is 0.0197. The predicted molar refractivity (Wildman–Crippen MR) is 94.9 cm³/mol. The average molecular weight is 334 g/mol. The van der Waals surface area contributed by atoms with Gasteiger partial charge in [0.1, 0.15) is 12.1 Å². The van der Waals surface area contributed by atoms with Crippen LogP contribution < -0.4 is 0 Å². The largest absolute Gasteiger partial charge is 0.293 e. The Morgan fingerprint density at radius 3 is 2.60 bits per heavy atom. The van der Waals surface area contributed by atoms with Gasteiger partial charge in [-0.05, 0) is 37.3 Å². The second-order valence-corrected chi connectivity index (χ2v) is 7.41. The van der Waals surface area contributed by atoms with Crippen LogP contribution in [0.25, 0.3) is 0 Å². The summed E-state index contributed by atoms with van der Waals surface area (Å²) in [6, 6.07) is 3.91. The molecule has 0 aromatic rings. The van der Waals surface area contributed by atoms with Crippen molar-refractivity contribution in [3.05, 3.63) is 47.6 Å². The van der Waals surface area contributed by atoms with Crippen LogP contribution in [0.4, 0.5) is 0 Å². The van der Waals surface area contributed by atoms with Crippen molar-refractivity contribution in [2.24, 2.45) is 16.7 Å². The maximum Gasteiger partial charge on any atom is 0.196 e. The fraction of sp³-hybridized carbons (Fsp3) is 0.429. The van der Waals surface area contributed by atoms with E-state index in [0.29, 0.717) is 6.42 Å². The lowest BCUT2D eigenvalue weighted by atomic mass is 9.51. The van der Waals surface area contributed by atoms with E-state index in [-0.39, 0.29) is 28.6 Å². The number of ketones is 2. The van der Waals surface area contributed by atoms with Crippen LogP contribution in [0.2, 0.25) is 0 Å². The van der Waals surface area contributed by atoms with Crippen LogP contribution in [0.3, 0.4) is 0 Å². The highest BCUT2D eigenvalue weighted by Crippen LogP contribution is 2.57. The maximum atomic E-state index is 12.6. The minimum Gasteiger partial charge on any atom is -0.293 e. The number of fused-ring (bicyclic) bond motifs is 1. The van der Waals surface area contributed by atoms with Crippen molar-refractivity contribution in [1.82, 2.24) is 0 Å². The minimum atomic E-state index is -0.661. The van der Waals surface area contributed by atoms with Gasteiger partial charge in [-0.15, -0.1) is 0 Å². The van der Waals surface area contributed by atoms with Gasteiger partial charge < -0.3 is 0 Å². The molecule has 4 nitrogen and oxygen atoms in total. The van der Waals surface area contributed by atoms with E-state index < -0.39 is 10.8 Å². The van der Waals surface area contributed by atoms with E-state index in [2.05, 4.69) is 6.58 Å². The van der Waals surface area contributed by atoms with E-state index >= 15 is 0 Å². The molecule has 0 aliphatic heterocycles. The number of nitrogens with zero attached hydrogens (tertiary/aromatic N) is 2. The number of allylic oxidation sites excluding steroid dienone is 7. The van der Waals surface area contributed by atoms with Crippen molar-refractivity contribution in [1.29, 1.82) is 10.5 Å². The third-order valence-corrected chi connectivity index (χ3v) is 5.60. The Hall–Kier alpha value is -2.72. The van der Waals surface area contributed by atoms with Gasteiger partial charge in [-0.1, -0.05) is 45.1 Å². The Kier molecular flexibility index (Phi) is 4.95. The maximum absolute atomic E-state index is 12.6. The molecule has 25 heavy (non-hydrogen) atoms. The molecule has 2 rings (SSSR count). The lowest BCUT2D eigenvalue weighted by molar-refractivity contribution is -0.129. The topological polar surface area (TPSA) is 81.7 Å². The summed E-state index contributed by atoms with van der Waals surface area (Å²) in [7, 11) is 0. The first-order chi connectivity index (χ1) is 11.7. The molecular formula is C21H22N2O2. The van der Waals surface area contributed by atoms with Gasteiger partial charge in [-0.25, -0.2) is 0 Å². The zero-order valence-electron chi connectivity index (χ0n) is 14.9. The number of carbonyl (C=O) groups is 2. The van der Waals surface area contributed by atoms with Crippen molar-refractivity contribution in [3.8, 4) is 12.1 Å². The molecule has 0 aromatic heterocycles. The number of Topliss-reactive ketones (excluding diaryl/α,β-unsaturated/α-hetero) is 1. The summed E-state index contributed by atoms with van der Waals surface area (Å²) in [6.07, 6.45) is 8.51. The molecule has 1 unspecified atom stereocenters. The summed E-state index contributed by atoms with van der Waals surface area (Å²) in [5.74, 6) is -0.471. The molecule has 2 aliphatic rings. The molecule has 0 saturated heterocycles. The summed E-state index contributed by atoms with van der Waals surface area (Å²) in [6.45, 7) is 9.27. The zero-order valence-corrected chi connectivity index (χ0v) is 14.9. The van der Waals surface area contributed by atoms with Crippen LogP contribution in [-0.2, 0) is 9.59 Å². The summed E-state index contributed by atoms with van der Waals surface area (Å²) >= 11 is 0. The zero-order chi connectivity index (χ0) is 18.8. The summed E-state index contributed by atoms with van der Waals surface area (Å²) in [5.41, 5.74) is -0.126. The molecule has 0 aromatic carbocycles. The van der Waals surface area contributed by atoms with Crippen LogP contribution in [0.15, 0.2) is 47.6 Å². The number of hydrogen-bond acceptors (Lipinski definition) is 4. The van der Waals surface area contributed by atoms with Crippen molar-refractivity contribution < 1.29 is 9.59 Å². The van der Waals surface area contributed by atoms with E-state index in [9.17, 15) is 14.9 Å². The molecule has 0 bridgehead atoms. The first-order valence-corrected chi connectivity index (χ1v) is 8.38. The third kappa shape index (κ3) is 3.01. The van der Waals surface area contributed by atoms with Gasteiger partial charge >= 0.3 is 0 Å². The van der Waals surface area contributed by atoms with Gasteiger partial charge in [0.25, 0.3) is 0 Å². The van der Waals surface area contributed by atoms with E-state index in [1.165, 1.54) is 18.2 Å². The van der Waals surface area contributed by atoms with Gasteiger partial charge in [0, 0.05) is 10.8 Å². The molecule has 128 valence electrons. The molecule has 0 amide bonds. The smallest absolute Gasteiger partial charge is 0.196 e. The Morgan fingerprint density at radius 1 is 1.36 bits per heavy atom. The Balaban J connectivity index is 2.59. The van der Waals surface area contributed by atoms with Gasteiger partial charge in [-0.3, -0.25) is 9.59 Å². The van der Waals surface area contributed by atoms with E-state index in [0.717, 1.165) is 18.4 Å². The monoisotopic (exact) mass is 334 g/mol. The van der Waals surface area contributed by atoms with Crippen molar-refractivity contribution >= 4 is 11.6 Å². The van der Waals surface area contributed by atoms with Gasteiger partial charge in [-0.2, -0.15) is 10.5 Å². The van der Waals surface area contributed by atoms with E-state index in [4.69, 9.17) is 5.26 Å². The lowest BCUT2D eigenvalue weighted by Crippen LogP contribution is -2.49. The summed E-state index contributed by atoms with van der Waals surface area (Å²) < 4.78 is 0. The SMILES string of the molecule is C=C/C=C(/C#N)C(=O)/C=C1\CCCC2C(C)(C)C(=O)C(C#N)=C[C@]12C. The predicted octanol–water partition coefficient (Wildman–Crippen LogP) is 3.98. The normalized spacial score (nSPS) is 29.9. The van der Waals surface area contributed by atoms with E-state index in [1.54, 1.807) is 6.08 Å². The standard InChI is InChI=1S/C21H22N2O2/c1-5-7-14(12-22)17(24)10-16-8-6-9-18-20(2,3)19(25)15(13-23)11-21(16,18)4/h5,7,10-11,18H,1,6,8-9H2,2-4H3/b14-7-,16-10+/t18?,21-/m1/s1. The average Bonchev–Trinajstić information content (AvgIpc) is 2.57. The lowest BCUT2D eigenvalue weighted by Gasteiger charge is -2.51. The molecule has 0 radical (unpaired) electrons. The second-order valence-electron chi connectivity index (χ2n) is 7.41. The molecule has 4 heteroatoms. The fourth-order valence-corrected chi connectivity index (χ4v) is 4.30. The van der Waals surface area contributed by atoms with Gasteiger partial charge in [0.05, 0.1) is 11.1 Å². The summed E-state index contributed by atoms with van der Waals surface area (Å²) in [5, 5.41) is 18.5. The first-order valence-electron chi connectivity index (χ1n) is 8.38. The molecule has 1 saturated carbocycles. The highest BCUT2D eigenvalue weighted by atomic mass is 16.1. The molecule has 2 atom stereocenters. The Labute approximate surface area is 148 Å². The number of hydrogen-bond donors (Lipinski definition) is 0. The Bertz CT molecular complexity index is 812. The van der Waals surface area contributed by atoms with Crippen molar-refractivity contribution in [2.45, 2.75) is 40.0 Å². The number of carbonyl (C=O) groups excluding carboxylic acids is 2. The fourth-order valence-electron chi connectivity index (χ4n) is 4.30. The molecule has 0 heterocycles.